The summed E-state index contributed by atoms with van der Waals surface area (Å²) in [6.07, 6.45) is 5.02. The van der Waals surface area contributed by atoms with Crippen molar-refractivity contribution in [3.8, 4) is 12.3 Å². The average molecular weight is 282 g/mol. The Hall–Kier alpha value is -2.08. The summed E-state index contributed by atoms with van der Waals surface area (Å²) >= 11 is 0. The molecule has 0 atom stereocenters. The van der Waals surface area contributed by atoms with Crippen molar-refractivity contribution < 1.29 is 13.2 Å². The highest BCUT2D eigenvalue weighted by atomic mass is 32.2. The molecule has 0 unspecified atom stereocenters. The molecule has 1 amide bonds. The van der Waals surface area contributed by atoms with Gasteiger partial charge in [0.2, 0.25) is 5.91 Å². The number of nitrogens with one attached hydrogen (secondary N) is 3. The van der Waals surface area contributed by atoms with Gasteiger partial charge < -0.3 is 5.32 Å². The zero-order chi connectivity index (χ0) is 14.3. The fourth-order valence-electron chi connectivity index (χ4n) is 1.28. The number of carbonyl (C=O) groups excluding carboxylic acids is 1. The summed E-state index contributed by atoms with van der Waals surface area (Å²) < 4.78 is 23.8. The molecule has 0 heterocycles. The number of amides is 1. The first-order valence-corrected chi connectivity index (χ1v) is 6.80. The first-order chi connectivity index (χ1) is 8.90. The van der Waals surface area contributed by atoms with E-state index < -0.39 is 10.2 Å². The molecule has 0 fully saturated rings. The molecule has 0 aliphatic heterocycles. The van der Waals surface area contributed by atoms with Crippen LogP contribution in [0.5, 0.6) is 0 Å². The molecule has 5 N–H and O–H groups in total. The Morgan fingerprint density at radius 1 is 1.37 bits per heavy atom. The number of hydrogen-bond acceptors (Lipinski definition) is 4. The van der Waals surface area contributed by atoms with Crippen LogP contribution < -0.4 is 20.5 Å². The second kappa shape index (κ2) is 6.75. The lowest BCUT2D eigenvalue weighted by atomic mass is 10.3. The fourth-order valence-corrected chi connectivity index (χ4v) is 1.73. The van der Waals surface area contributed by atoms with E-state index in [1.807, 2.05) is 0 Å². The summed E-state index contributed by atoms with van der Waals surface area (Å²) in [7, 11) is -3.84. The van der Waals surface area contributed by atoms with Gasteiger partial charge in [-0.25, -0.2) is 5.14 Å². The van der Waals surface area contributed by atoms with Crippen LogP contribution in [0.2, 0.25) is 0 Å². The first-order valence-electron chi connectivity index (χ1n) is 5.25. The van der Waals surface area contributed by atoms with Gasteiger partial charge in [0.15, 0.2) is 0 Å². The lowest BCUT2D eigenvalue weighted by Gasteiger charge is -2.08. The predicted molar refractivity (Wildman–Crippen MR) is 73.5 cm³/mol. The first kappa shape index (κ1) is 15.0. The monoisotopic (exact) mass is 282 g/mol. The van der Waals surface area contributed by atoms with E-state index in [4.69, 9.17) is 11.6 Å². The number of terminal acetylenes is 1. The molecule has 0 bridgehead atoms. The van der Waals surface area contributed by atoms with E-state index in [0.29, 0.717) is 12.2 Å². The maximum atomic E-state index is 11.5. The Kier molecular flexibility index (Phi) is 5.32. The molecular weight excluding hydrogens is 268 g/mol. The molecule has 19 heavy (non-hydrogen) atoms. The molecule has 102 valence electrons. The summed E-state index contributed by atoms with van der Waals surface area (Å²) in [4.78, 5) is 11.5. The van der Waals surface area contributed by atoms with E-state index in [-0.39, 0.29) is 18.1 Å². The van der Waals surface area contributed by atoms with Gasteiger partial charge in [-0.3, -0.25) is 14.8 Å². The number of rotatable bonds is 6. The van der Waals surface area contributed by atoms with Crippen LogP contribution in [-0.4, -0.2) is 27.4 Å². The van der Waals surface area contributed by atoms with E-state index in [2.05, 4.69) is 21.3 Å². The van der Waals surface area contributed by atoms with Gasteiger partial charge in [0.25, 0.3) is 10.2 Å². The van der Waals surface area contributed by atoms with E-state index in [1.165, 1.54) is 12.1 Å². The van der Waals surface area contributed by atoms with E-state index in [9.17, 15) is 13.2 Å². The highest BCUT2D eigenvalue weighted by molar-refractivity contribution is 7.90. The largest absolute Gasteiger partial charge is 0.325 e. The van der Waals surface area contributed by atoms with Crippen molar-refractivity contribution in [1.29, 1.82) is 0 Å². The molecule has 1 aromatic carbocycles. The molecule has 0 aliphatic carbocycles. The molecule has 0 saturated heterocycles. The highest BCUT2D eigenvalue weighted by Gasteiger charge is 2.05. The molecule has 7 nitrogen and oxygen atoms in total. The van der Waals surface area contributed by atoms with Crippen molar-refractivity contribution in [2.75, 3.05) is 23.1 Å². The van der Waals surface area contributed by atoms with Gasteiger partial charge in [0, 0.05) is 5.69 Å². The molecule has 0 radical (unpaired) electrons. The zero-order valence-corrected chi connectivity index (χ0v) is 10.8. The van der Waals surface area contributed by atoms with E-state index in [1.54, 1.807) is 12.1 Å². The van der Waals surface area contributed by atoms with Crippen LogP contribution in [0.3, 0.4) is 0 Å². The Labute approximate surface area is 111 Å². The summed E-state index contributed by atoms with van der Waals surface area (Å²) in [5, 5.41) is 10.2. The lowest BCUT2D eigenvalue weighted by Crippen LogP contribution is -2.28. The van der Waals surface area contributed by atoms with Crippen molar-refractivity contribution in [2.24, 2.45) is 5.14 Å². The van der Waals surface area contributed by atoms with Crippen molar-refractivity contribution in [3.05, 3.63) is 24.3 Å². The molecule has 8 heteroatoms. The molecule has 0 spiro atoms. The van der Waals surface area contributed by atoms with E-state index in [0.717, 1.165) is 0 Å². The standard InChI is InChI=1S/C11H14N4O3S/c1-2-6-13-8-11(16)14-9-4-3-5-10(7-9)15-19(12,17)18/h1,3-5,7,13,15H,6,8H2,(H,14,16)(H2,12,17,18). The van der Waals surface area contributed by atoms with Crippen LogP contribution in [0, 0.1) is 12.3 Å². The summed E-state index contributed by atoms with van der Waals surface area (Å²) in [6, 6.07) is 6.16. The SMILES string of the molecule is C#CCNCC(=O)Nc1cccc(NS(N)(=O)=O)c1. The summed E-state index contributed by atoms with van der Waals surface area (Å²) in [6.45, 7) is 0.359. The number of nitrogens with two attached hydrogens (primary N) is 1. The van der Waals surface area contributed by atoms with Crippen LogP contribution in [0.4, 0.5) is 11.4 Å². The van der Waals surface area contributed by atoms with Gasteiger partial charge in [-0.15, -0.1) is 6.42 Å². The Morgan fingerprint density at radius 2 is 2.05 bits per heavy atom. The van der Waals surface area contributed by atoms with Gasteiger partial charge in [0.05, 0.1) is 18.8 Å². The lowest BCUT2D eigenvalue weighted by molar-refractivity contribution is -0.115. The van der Waals surface area contributed by atoms with Crippen molar-refractivity contribution >= 4 is 27.5 Å². The van der Waals surface area contributed by atoms with Crippen molar-refractivity contribution in [1.82, 2.24) is 5.32 Å². The number of hydrogen-bond donors (Lipinski definition) is 4. The highest BCUT2D eigenvalue weighted by Crippen LogP contribution is 2.15. The maximum absolute atomic E-state index is 11.5. The second-order valence-electron chi connectivity index (χ2n) is 3.58. The minimum absolute atomic E-state index is 0.0665. The number of benzene rings is 1. The molecule has 1 aromatic rings. The smallest absolute Gasteiger partial charge is 0.296 e. The van der Waals surface area contributed by atoms with Crippen molar-refractivity contribution in [2.45, 2.75) is 0 Å². The third-order valence-corrected chi connectivity index (χ3v) is 2.44. The molecule has 1 rings (SSSR count). The summed E-state index contributed by atoms with van der Waals surface area (Å²) in [5.74, 6) is 2.05. The quantitative estimate of drug-likeness (QED) is 0.414. The Bertz CT molecular complexity index is 592. The Balaban J connectivity index is 2.62. The van der Waals surface area contributed by atoms with Gasteiger partial charge in [0.1, 0.15) is 0 Å². The van der Waals surface area contributed by atoms with Gasteiger partial charge in [-0.2, -0.15) is 8.42 Å². The average Bonchev–Trinajstić information content (AvgIpc) is 2.27. The minimum Gasteiger partial charge on any atom is -0.325 e. The third kappa shape index (κ3) is 6.42. The molecular formula is C11H14N4O3S. The zero-order valence-electron chi connectivity index (χ0n) is 10.0. The fraction of sp³-hybridized carbons (Fsp3) is 0.182. The number of carbonyl (C=O) groups is 1. The number of anilines is 2. The van der Waals surface area contributed by atoms with Crippen LogP contribution in [0.1, 0.15) is 0 Å². The topological polar surface area (TPSA) is 113 Å². The van der Waals surface area contributed by atoms with Gasteiger partial charge in [-0.1, -0.05) is 12.0 Å². The van der Waals surface area contributed by atoms with Crippen molar-refractivity contribution in [3.63, 3.8) is 0 Å². The minimum atomic E-state index is -3.84. The molecule has 0 saturated carbocycles. The van der Waals surface area contributed by atoms with Gasteiger partial charge in [-0.05, 0) is 18.2 Å². The summed E-state index contributed by atoms with van der Waals surface area (Å²) in [5.41, 5.74) is 0.707. The van der Waals surface area contributed by atoms with Crippen LogP contribution >= 0.6 is 0 Å². The predicted octanol–water partition coefficient (Wildman–Crippen LogP) is -0.537. The normalized spacial score (nSPS) is 10.5. The van der Waals surface area contributed by atoms with Crippen LogP contribution in [0.25, 0.3) is 0 Å². The third-order valence-electron chi connectivity index (χ3n) is 1.92. The molecule has 0 aliphatic rings. The van der Waals surface area contributed by atoms with E-state index >= 15 is 0 Å². The van der Waals surface area contributed by atoms with Crippen LogP contribution in [0.15, 0.2) is 24.3 Å². The van der Waals surface area contributed by atoms with Crippen LogP contribution in [-0.2, 0) is 15.0 Å². The Morgan fingerprint density at radius 3 is 2.68 bits per heavy atom. The second-order valence-corrected chi connectivity index (χ2v) is 4.88. The van der Waals surface area contributed by atoms with Gasteiger partial charge >= 0.3 is 0 Å². The molecule has 0 aromatic heterocycles. The maximum Gasteiger partial charge on any atom is 0.296 e.